The molecule has 0 radical (unpaired) electrons. The van der Waals surface area contributed by atoms with Gasteiger partial charge in [0, 0.05) is 25.2 Å². The summed E-state index contributed by atoms with van der Waals surface area (Å²) >= 11 is 0. The Morgan fingerprint density at radius 1 is 1.07 bits per heavy atom. The Bertz CT molecular complexity index is 986. The fraction of sp³-hybridized carbons (Fsp3) is 0.333. The van der Waals surface area contributed by atoms with Crippen LogP contribution in [0.3, 0.4) is 0 Å². The van der Waals surface area contributed by atoms with Crippen LogP contribution in [0.25, 0.3) is 0 Å². The minimum atomic E-state index is -3.31. The van der Waals surface area contributed by atoms with Crippen molar-refractivity contribution in [2.24, 2.45) is 5.92 Å². The van der Waals surface area contributed by atoms with E-state index in [0.717, 1.165) is 16.8 Å². The van der Waals surface area contributed by atoms with Crippen LogP contribution in [0.1, 0.15) is 23.1 Å². The van der Waals surface area contributed by atoms with E-state index in [4.69, 9.17) is 0 Å². The molecule has 1 aliphatic heterocycles. The van der Waals surface area contributed by atoms with Crippen molar-refractivity contribution in [2.45, 2.75) is 25.6 Å². The Morgan fingerprint density at radius 3 is 2.31 bits per heavy atom. The summed E-state index contributed by atoms with van der Waals surface area (Å²) in [6.45, 7) is 2.68. The molecule has 0 bridgehead atoms. The first-order chi connectivity index (χ1) is 13.8. The molecule has 1 saturated heterocycles. The summed E-state index contributed by atoms with van der Waals surface area (Å²) in [5.74, 6) is -0.683. The lowest BCUT2D eigenvalue weighted by atomic mass is 10.1. The second-order valence-electron chi connectivity index (χ2n) is 7.24. The highest BCUT2D eigenvalue weighted by Crippen LogP contribution is 2.25. The van der Waals surface area contributed by atoms with Crippen LogP contribution in [-0.4, -0.2) is 33.8 Å². The largest absolute Gasteiger partial charge is 0.352 e. The Kier molecular flexibility index (Phi) is 6.34. The quantitative estimate of drug-likeness (QED) is 0.720. The van der Waals surface area contributed by atoms with E-state index in [1.165, 1.54) is 7.05 Å². The molecule has 2 N–H and O–H groups in total. The molecule has 154 valence electrons. The molecule has 3 rings (SSSR count). The number of amides is 2. The van der Waals surface area contributed by atoms with Gasteiger partial charge in [-0.25, -0.2) is 13.1 Å². The molecule has 1 heterocycles. The van der Waals surface area contributed by atoms with Crippen molar-refractivity contribution < 1.29 is 18.0 Å². The van der Waals surface area contributed by atoms with E-state index in [2.05, 4.69) is 10.0 Å². The molecule has 0 saturated carbocycles. The molecular weight excluding hydrogens is 390 g/mol. The third kappa shape index (κ3) is 5.42. The zero-order chi connectivity index (χ0) is 21.0. The molecule has 0 aromatic heterocycles. The van der Waals surface area contributed by atoms with Gasteiger partial charge in [-0.15, -0.1) is 0 Å². The molecule has 1 unspecified atom stereocenters. The number of carbonyl (C=O) groups is 2. The van der Waals surface area contributed by atoms with Gasteiger partial charge in [-0.3, -0.25) is 9.59 Å². The van der Waals surface area contributed by atoms with Crippen molar-refractivity contribution in [3.05, 3.63) is 65.2 Å². The maximum Gasteiger partial charge on any atom is 0.227 e. The minimum absolute atomic E-state index is 0.0518. The molecule has 1 atom stereocenters. The van der Waals surface area contributed by atoms with Crippen molar-refractivity contribution in [3.63, 3.8) is 0 Å². The van der Waals surface area contributed by atoms with Crippen molar-refractivity contribution in [1.29, 1.82) is 0 Å². The van der Waals surface area contributed by atoms with Crippen LogP contribution in [0, 0.1) is 12.8 Å². The smallest absolute Gasteiger partial charge is 0.227 e. The first-order valence-corrected chi connectivity index (χ1v) is 11.1. The number of aryl methyl sites for hydroxylation is 1. The lowest BCUT2D eigenvalue weighted by molar-refractivity contribution is -0.126. The van der Waals surface area contributed by atoms with Gasteiger partial charge in [-0.1, -0.05) is 42.0 Å². The maximum absolute atomic E-state index is 12.5. The minimum Gasteiger partial charge on any atom is -0.352 e. The van der Waals surface area contributed by atoms with Crippen LogP contribution in [0.5, 0.6) is 0 Å². The molecule has 7 nitrogen and oxygen atoms in total. The van der Waals surface area contributed by atoms with Gasteiger partial charge >= 0.3 is 0 Å². The van der Waals surface area contributed by atoms with Crippen molar-refractivity contribution in [3.8, 4) is 0 Å². The third-order valence-corrected chi connectivity index (χ3v) is 6.33. The number of sulfonamides is 1. The summed E-state index contributed by atoms with van der Waals surface area (Å²) in [5.41, 5.74) is 3.46. The zero-order valence-corrected chi connectivity index (χ0v) is 17.3. The second kappa shape index (κ2) is 8.75. The summed E-state index contributed by atoms with van der Waals surface area (Å²) in [6, 6.07) is 14.7. The average molecular weight is 416 g/mol. The van der Waals surface area contributed by atoms with Crippen LogP contribution in [-0.2, 0) is 31.9 Å². The Balaban J connectivity index is 1.54. The van der Waals surface area contributed by atoms with E-state index in [9.17, 15) is 18.0 Å². The van der Waals surface area contributed by atoms with E-state index in [0.29, 0.717) is 18.7 Å². The van der Waals surface area contributed by atoms with Gasteiger partial charge in [-0.05, 0) is 37.2 Å². The van der Waals surface area contributed by atoms with Crippen LogP contribution in [0.15, 0.2) is 48.5 Å². The fourth-order valence-corrected chi connectivity index (χ4v) is 4.01. The summed E-state index contributed by atoms with van der Waals surface area (Å²) in [6.07, 6.45) is 0.195. The lowest BCUT2D eigenvalue weighted by Crippen LogP contribution is -2.32. The highest BCUT2D eigenvalue weighted by Gasteiger charge is 2.34. The highest BCUT2D eigenvalue weighted by atomic mass is 32.2. The third-order valence-electron chi connectivity index (χ3n) is 5.00. The van der Waals surface area contributed by atoms with Gasteiger partial charge in [0.05, 0.1) is 11.7 Å². The van der Waals surface area contributed by atoms with E-state index in [1.54, 1.807) is 29.2 Å². The monoisotopic (exact) mass is 415 g/mol. The number of nitrogens with zero attached hydrogens (tertiary/aromatic N) is 1. The van der Waals surface area contributed by atoms with Crippen molar-refractivity contribution in [1.82, 2.24) is 10.0 Å². The topological polar surface area (TPSA) is 95.6 Å². The van der Waals surface area contributed by atoms with Gasteiger partial charge in [-0.2, -0.15) is 0 Å². The van der Waals surface area contributed by atoms with E-state index in [-0.39, 0.29) is 29.9 Å². The number of hydrogen-bond donors (Lipinski definition) is 2. The van der Waals surface area contributed by atoms with Crippen molar-refractivity contribution in [2.75, 3.05) is 18.5 Å². The maximum atomic E-state index is 12.5. The molecule has 0 spiro atoms. The van der Waals surface area contributed by atoms with Gasteiger partial charge in [0.25, 0.3) is 0 Å². The number of anilines is 1. The highest BCUT2D eigenvalue weighted by molar-refractivity contribution is 7.88. The van der Waals surface area contributed by atoms with Gasteiger partial charge in [0.1, 0.15) is 0 Å². The molecule has 8 heteroatoms. The lowest BCUT2D eigenvalue weighted by Gasteiger charge is -2.17. The SMILES string of the molecule is CNS(=O)(=O)Cc1ccc(CNC(=O)C2CC(=O)N(c3ccc(C)cc3)C2)cc1. The predicted molar refractivity (Wildman–Crippen MR) is 112 cm³/mol. The number of hydrogen-bond acceptors (Lipinski definition) is 4. The van der Waals surface area contributed by atoms with E-state index in [1.807, 2.05) is 31.2 Å². The Hall–Kier alpha value is -2.71. The summed E-state index contributed by atoms with van der Waals surface area (Å²) in [5, 5.41) is 2.87. The second-order valence-corrected chi connectivity index (χ2v) is 9.16. The first kappa shape index (κ1) is 21.0. The molecule has 29 heavy (non-hydrogen) atoms. The molecular formula is C21H25N3O4S. The van der Waals surface area contributed by atoms with E-state index >= 15 is 0 Å². The summed E-state index contributed by atoms with van der Waals surface area (Å²) in [4.78, 5) is 26.5. The first-order valence-electron chi connectivity index (χ1n) is 9.41. The standard InChI is InChI=1S/C21H25N3O4S/c1-15-3-9-19(10-4-15)24-13-18(11-20(24)25)21(26)23-12-16-5-7-17(8-6-16)14-29(27,28)22-2/h3-10,18,22H,11-14H2,1-2H3,(H,23,26). The molecule has 2 aromatic rings. The summed E-state index contributed by atoms with van der Waals surface area (Å²) < 4.78 is 25.5. The Labute approximate surface area is 171 Å². The normalized spacial score (nSPS) is 16.8. The number of nitrogens with one attached hydrogen (secondary N) is 2. The van der Waals surface area contributed by atoms with Crippen LogP contribution >= 0.6 is 0 Å². The number of carbonyl (C=O) groups excluding carboxylic acids is 2. The predicted octanol–water partition coefficient (Wildman–Crippen LogP) is 1.71. The van der Waals surface area contributed by atoms with E-state index < -0.39 is 10.0 Å². The van der Waals surface area contributed by atoms with Gasteiger partial charge in [0.15, 0.2) is 0 Å². The molecule has 2 aromatic carbocycles. The van der Waals surface area contributed by atoms with Crippen LogP contribution in [0.4, 0.5) is 5.69 Å². The molecule has 0 aliphatic carbocycles. The van der Waals surface area contributed by atoms with Crippen LogP contribution < -0.4 is 14.9 Å². The summed E-state index contributed by atoms with van der Waals surface area (Å²) in [7, 11) is -1.93. The molecule has 1 fully saturated rings. The van der Waals surface area contributed by atoms with Gasteiger partial charge in [0.2, 0.25) is 21.8 Å². The number of benzene rings is 2. The fourth-order valence-electron chi connectivity index (χ4n) is 3.24. The molecule has 1 aliphatic rings. The van der Waals surface area contributed by atoms with Crippen molar-refractivity contribution >= 4 is 27.5 Å². The zero-order valence-electron chi connectivity index (χ0n) is 16.5. The Morgan fingerprint density at radius 2 is 1.69 bits per heavy atom. The van der Waals surface area contributed by atoms with Gasteiger partial charge < -0.3 is 10.2 Å². The number of rotatable bonds is 7. The molecule has 2 amide bonds. The van der Waals surface area contributed by atoms with Crippen LogP contribution in [0.2, 0.25) is 0 Å². The average Bonchev–Trinajstić information content (AvgIpc) is 3.09.